The zero-order valence-electron chi connectivity index (χ0n) is 6.38. The van der Waals surface area contributed by atoms with Crippen LogP contribution in [0.3, 0.4) is 0 Å². The summed E-state index contributed by atoms with van der Waals surface area (Å²) in [6.45, 7) is 0.450. The summed E-state index contributed by atoms with van der Waals surface area (Å²) in [5.41, 5.74) is 1.39. The van der Waals surface area contributed by atoms with Crippen LogP contribution in [0.25, 0.3) is 0 Å². The molecule has 12 heavy (non-hydrogen) atoms. The highest BCUT2D eigenvalue weighted by atomic mass is 19.1. The van der Waals surface area contributed by atoms with Crippen molar-refractivity contribution in [2.24, 2.45) is 0 Å². The van der Waals surface area contributed by atoms with Crippen LogP contribution in [-0.4, -0.2) is 6.29 Å². The lowest BCUT2D eigenvalue weighted by molar-refractivity contribution is -0.109. The molecule has 1 aromatic carbocycles. The molecular weight excluding hydrogens is 157 g/mol. The standard InChI is InChI=1S/C9H8FNO/c10-8-3-1-2-6-7(8)4-11-9(6)5-12/h1-3,5,9,11H,4H2. The largest absolute Gasteiger partial charge is 0.301 e. The van der Waals surface area contributed by atoms with Gasteiger partial charge in [-0.3, -0.25) is 5.32 Å². The number of aldehydes is 1. The molecule has 0 amide bonds. The van der Waals surface area contributed by atoms with Crippen LogP contribution in [0.2, 0.25) is 0 Å². The first-order valence-corrected chi connectivity index (χ1v) is 3.79. The second-order valence-corrected chi connectivity index (χ2v) is 2.80. The van der Waals surface area contributed by atoms with E-state index in [1.807, 2.05) is 0 Å². The highest BCUT2D eigenvalue weighted by molar-refractivity contribution is 5.64. The molecule has 0 saturated carbocycles. The first-order valence-electron chi connectivity index (χ1n) is 3.79. The van der Waals surface area contributed by atoms with E-state index in [0.717, 1.165) is 11.8 Å². The average Bonchev–Trinajstić information content (AvgIpc) is 2.49. The van der Waals surface area contributed by atoms with Crippen LogP contribution in [0.1, 0.15) is 17.2 Å². The SMILES string of the molecule is O=CC1NCc2c(F)cccc21. The van der Waals surface area contributed by atoms with Gasteiger partial charge in [0.2, 0.25) is 0 Å². The van der Waals surface area contributed by atoms with E-state index < -0.39 is 0 Å². The summed E-state index contributed by atoms with van der Waals surface area (Å²) in [6.07, 6.45) is 0.797. The van der Waals surface area contributed by atoms with Gasteiger partial charge in [-0.25, -0.2) is 4.39 Å². The fourth-order valence-electron chi connectivity index (χ4n) is 1.50. The number of carbonyl (C=O) groups is 1. The highest BCUT2D eigenvalue weighted by Crippen LogP contribution is 2.25. The number of nitrogens with one attached hydrogen (secondary N) is 1. The molecule has 1 aromatic rings. The molecule has 0 aliphatic carbocycles. The van der Waals surface area contributed by atoms with Crippen LogP contribution < -0.4 is 5.32 Å². The van der Waals surface area contributed by atoms with Crippen molar-refractivity contribution in [1.29, 1.82) is 0 Å². The normalized spacial score (nSPS) is 20.6. The molecule has 0 aromatic heterocycles. The summed E-state index contributed by atoms with van der Waals surface area (Å²) in [4.78, 5) is 10.5. The minimum absolute atomic E-state index is 0.232. The van der Waals surface area contributed by atoms with Gasteiger partial charge < -0.3 is 4.79 Å². The molecule has 2 nitrogen and oxygen atoms in total. The van der Waals surface area contributed by atoms with Crippen molar-refractivity contribution in [2.45, 2.75) is 12.6 Å². The lowest BCUT2D eigenvalue weighted by atomic mass is 10.1. The Hall–Kier alpha value is -1.22. The van der Waals surface area contributed by atoms with Gasteiger partial charge in [-0.2, -0.15) is 0 Å². The van der Waals surface area contributed by atoms with E-state index in [0.29, 0.717) is 12.1 Å². The minimum Gasteiger partial charge on any atom is -0.301 e. The van der Waals surface area contributed by atoms with Gasteiger partial charge in [0, 0.05) is 12.1 Å². The third-order valence-corrected chi connectivity index (χ3v) is 2.12. The maximum atomic E-state index is 13.0. The molecule has 0 saturated heterocycles. The summed E-state index contributed by atoms with van der Waals surface area (Å²) in [6, 6.07) is 4.48. The first kappa shape index (κ1) is 7.43. The molecule has 1 N–H and O–H groups in total. The lowest BCUT2D eigenvalue weighted by Crippen LogP contribution is -2.12. The number of rotatable bonds is 1. The Morgan fingerprint density at radius 3 is 3.17 bits per heavy atom. The molecule has 1 heterocycles. The van der Waals surface area contributed by atoms with Crippen LogP contribution >= 0.6 is 0 Å². The second kappa shape index (κ2) is 2.68. The van der Waals surface area contributed by atoms with Crippen molar-refractivity contribution in [1.82, 2.24) is 5.32 Å². The fourth-order valence-corrected chi connectivity index (χ4v) is 1.50. The van der Waals surface area contributed by atoms with E-state index in [-0.39, 0.29) is 11.9 Å². The van der Waals surface area contributed by atoms with Gasteiger partial charge in [-0.15, -0.1) is 0 Å². The average molecular weight is 165 g/mol. The van der Waals surface area contributed by atoms with E-state index in [2.05, 4.69) is 5.32 Å². The van der Waals surface area contributed by atoms with Gasteiger partial charge in [0.15, 0.2) is 0 Å². The Balaban J connectivity index is 2.52. The Bertz CT molecular complexity index is 324. The maximum absolute atomic E-state index is 13.0. The van der Waals surface area contributed by atoms with Crippen molar-refractivity contribution in [3.8, 4) is 0 Å². The Morgan fingerprint density at radius 2 is 2.42 bits per heavy atom. The van der Waals surface area contributed by atoms with Gasteiger partial charge in [0.1, 0.15) is 12.1 Å². The Labute approximate surface area is 69.4 Å². The molecule has 0 bridgehead atoms. The van der Waals surface area contributed by atoms with Crippen molar-refractivity contribution < 1.29 is 9.18 Å². The monoisotopic (exact) mass is 165 g/mol. The molecule has 0 spiro atoms. The molecular formula is C9H8FNO. The molecule has 0 radical (unpaired) electrons. The lowest BCUT2D eigenvalue weighted by Gasteiger charge is -2.01. The first-order chi connectivity index (χ1) is 5.83. The number of fused-ring (bicyclic) bond motifs is 1. The van der Waals surface area contributed by atoms with E-state index in [1.165, 1.54) is 6.07 Å². The maximum Gasteiger partial charge on any atom is 0.141 e. The topological polar surface area (TPSA) is 29.1 Å². The number of benzene rings is 1. The number of hydrogen-bond acceptors (Lipinski definition) is 2. The van der Waals surface area contributed by atoms with Gasteiger partial charge in [0.25, 0.3) is 0 Å². The number of carbonyl (C=O) groups excluding carboxylic acids is 1. The van der Waals surface area contributed by atoms with Gasteiger partial charge in [-0.05, 0) is 11.6 Å². The third-order valence-electron chi connectivity index (χ3n) is 2.12. The zero-order chi connectivity index (χ0) is 8.55. The Morgan fingerprint density at radius 1 is 1.58 bits per heavy atom. The minimum atomic E-state index is -0.323. The van der Waals surface area contributed by atoms with Crippen molar-refractivity contribution in [3.05, 3.63) is 35.1 Å². The molecule has 3 heteroatoms. The summed E-state index contributed by atoms with van der Waals surface area (Å²) in [7, 11) is 0. The Kier molecular flexibility index (Phi) is 1.66. The van der Waals surface area contributed by atoms with Crippen molar-refractivity contribution >= 4 is 6.29 Å². The van der Waals surface area contributed by atoms with E-state index in [9.17, 15) is 9.18 Å². The summed E-state index contributed by atoms with van der Waals surface area (Å²) in [5, 5.41) is 2.90. The third kappa shape index (κ3) is 0.940. The van der Waals surface area contributed by atoms with Crippen LogP contribution in [0, 0.1) is 5.82 Å². The molecule has 1 unspecified atom stereocenters. The number of hydrogen-bond donors (Lipinski definition) is 1. The predicted octanol–water partition coefficient (Wildman–Crippen LogP) is 1.17. The molecule has 0 fully saturated rings. The second-order valence-electron chi connectivity index (χ2n) is 2.80. The molecule has 1 atom stereocenters. The quantitative estimate of drug-likeness (QED) is 0.633. The van der Waals surface area contributed by atoms with Crippen LogP contribution in [0.15, 0.2) is 18.2 Å². The van der Waals surface area contributed by atoms with E-state index in [4.69, 9.17) is 0 Å². The summed E-state index contributed by atoms with van der Waals surface area (Å²) >= 11 is 0. The van der Waals surface area contributed by atoms with E-state index in [1.54, 1.807) is 12.1 Å². The van der Waals surface area contributed by atoms with Crippen LogP contribution in [0.4, 0.5) is 4.39 Å². The zero-order valence-corrected chi connectivity index (χ0v) is 6.38. The van der Waals surface area contributed by atoms with Gasteiger partial charge >= 0.3 is 0 Å². The molecule has 62 valence electrons. The van der Waals surface area contributed by atoms with Crippen molar-refractivity contribution in [2.75, 3.05) is 0 Å². The van der Waals surface area contributed by atoms with Gasteiger partial charge in [0.05, 0.1) is 6.04 Å². The van der Waals surface area contributed by atoms with Gasteiger partial charge in [-0.1, -0.05) is 12.1 Å². The van der Waals surface area contributed by atoms with E-state index >= 15 is 0 Å². The van der Waals surface area contributed by atoms with Crippen LogP contribution in [-0.2, 0) is 11.3 Å². The predicted molar refractivity (Wildman–Crippen MR) is 42.0 cm³/mol. The molecule has 1 aliphatic heterocycles. The fraction of sp³-hybridized carbons (Fsp3) is 0.222. The van der Waals surface area contributed by atoms with Crippen LogP contribution in [0.5, 0.6) is 0 Å². The molecule has 2 rings (SSSR count). The number of halogens is 1. The summed E-state index contributed by atoms with van der Waals surface area (Å²) < 4.78 is 13.0. The highest BCUT2D eigenvalue weighted by Gasteiger charge is 2.22. The summed E-state index contributed by atoms with van der Waals surface area (Å²) in [5.74, 6) is -0.232. The molecule has 1 aliphatic rings. The smallest absolute Gasteiger partial charge is 0.141 e. The van der Waals surface area contributed by atoms with Crippen molar-refractivity contribution in [3.63, 3.8) is 0 Å².